The molecule has 134 valence electrons. The molecule has 2 aliphatic rings. The van der Waals surface area contributed by atoms with E-state index in [1.165, 1.54) is 6.92 Å². The molecule has 6 nitrogen and oxygen atoms in total. The average molecular weight is 343 g/mol. The maximum Gasteiger partial charge on any atom is 0.247 e. The molecule has 25 heavy (non-hydrogen) atoms. The summed E-state index contributed by atoms with van der Waals surface area (Å²) in [6.45, 7) is 1.44. The Morgan fingerprint density at radius 1 is 0.920 bits per heavy atom. The first-order valence-corrected chi connectivity index (χ1v) is 9.02. The SMILES string of the molecule is CC(=O)NC(C(=O)Nc1ccc(NC(=O)C2CC2)cc1)C1CCCC1. The minimum atomic E-state index is -0.491. The number of hydrogen-bond acceptors (Lipinski definition) is 3. The molecule has 3 amide bonds. The van der Waals surface area contributed by atoms with Crippen molar-refractivity contribution in [2.24, 2.45) is 11.8 Å². The number of rotatable bonds is 6. The number of hydrogen-bond donors (Lipinski definition) is 3. The van der Waals surface area contributed by atoms with Crippen LogP contribution in [0.2, 0.25) is 0 Å². The van der Waals surface area contributed by atoms with Crippen molar-refractivity contribution in [2.45, 2.75) is 51.5 Å². The number of amides is 3. The van der Waals surface area contributed by atoms with Crippen molar-refractivity contribution in [1.29, 1.82) is 0 Å². The van der Waals surface area contributed by atoms with Gasteiger partial charge < -0.3 is 16.0 Å². The highest BCUT2D eigenvalue weighted by Gasteiger charge is 2.31. The Kier molecular flexibility index (Phi) is 5.36. The molecule has 3 rings (SSSR count). The van der Waals surface area contributed by atoms with Crippen LogP contribution in [0.4, 0.5) is 11.4 Å². The summed E-state index contributed by atoms with van der Waals surface area (Å²) in [6.07, 6.45) is 6.05. The molecule has 0 aromatic heterocycles. The van der Waals surface area contributed by atoms with Gasteiger partial charge in [-0.2, -0.15) is 0 Å². The molecule has 1 aromatic rings. The second-order valence-electron chi connectivity index (χ2n) is 7.05. The van der Waals surface area contributed by atoms with Crippen molar-refractivity contribution in [2.75, 3.05) is 10.6 Å². The molecule has 6 heteroatoms. The molecule has 0 saturated heterocycles. The number of anilines is 2. The zero-order valence-corrected chi connectivity index (χ0v) is 14.5. The maximum absolute atomic E-state index is 12.6. The lowest BCUT2D eigenvalue weighted by Gasteiger charge is -2.23. The molecule has 2 aliphatic carbocycles. The molecule has 1 atom stereocenters. The lowest BCUT2D eigenvalue weighted by atomic mass is 9.97. The Morgan fingerprint density at radius 2 is 1.48 bits per heavy atom. The molecule has 2 saturated carbocycles. The Morgan fingerprint density at radius 3 is 2.00 bits per heavy atom. The Bertz CT molecular complexity index is 646. The monoisotopic (exact) mass is 343 g/mol. The third-order valence-electron chi connectivity index (χ3n) is 4.88. The van der Waals surface area contributed by atoms with E-state index >= 15 is 0 Å². The van der Waals surface area contributed by atoms with E-state index in [0.717, 1.165) is 44.2 Å². The first kappa shape index (κ1) is 17.5. The van der Waals surface area contributed by atoms with Gasteiger partial charge in [-0.15, -0.1) is 0 Å². The lowest BCUT2D eigenvalue weighted by Crippen LogP contribution is -2.47. The Balaban J connectivity index is 1.59. The van der Waals surface area contributed by atoms with Crippen LogP contribution in [-0.4, -0.2) is 23.8 Å². The van der Waals surface area contributed by atoms with Gasteiger partial charge in [0.05, 0.1) is 0 Å². The quantitative estimate of drug-likeness (QED) is 0.742. The second-order valence-corrected chi connectivity index (χ2v) is 7.05. The van der Waals surface area contributed by atoms with E-state index in [2.05, 4.69) is 16.0 Å². The predicted octanol–water partition coefficient (Wildman–Crippen LogP) is 2.67. The number of carbonyl (C=O) groups is 3. The van der Waals surface area contributed by atoms with Crippen LogP contribution in [0.25, 0.3) is 0 Å². The highest BCUT2D eigenvalue weighted by molar-refractivity contribution is 5.98. The third kappa shape index (κ3) is 4.81. The standard InChI is InChI=1S/C19H25N3O3/c1-12(23)20-17(13-4-2-3-5-13)19(25)22-16-10-8-15(9-11-16)21-18(24)14-6-7-14/h8-11,13-14,17H,2-7H2,1H3,(H,20,23)(H,21,24)(H,22,25). The summed E-state index contributed by atoms with van der Waals surface area (Å²) in [5.41, 5.74) is 1.38. The van der Waals surface area contributed by atoms with E-state index in [-0.39, 0.29) is 29.6 Å². The van der Waals surface area contributed by atoms with Gasteiger partial charge in [0.15, 0.2) is 0 Å². The van der Waals surface area contributed by atoms with Gasteiger partial charge in [-0.3, -0.25) is 14.4 Å². The molecule has 2 fully saturated rings. The lowest BCUT2D eigenvalue weighted by molar-refractivity contribution is -0.126. The highest BCUT2D eigenvalue weighted by atomic mass is 16.2. The van der Waals surface area contributed by atoms with Gasteiger partial charge in [0.2, 0.25) is 17.7 Å². The fraction of sp³-hybridized carbons (Fsp3) is 0.526. The fourth-order valence-electron chi connectivity index (χ4n) is 3.35. The summed E-state index contributed by atoms with van der Waals surface area (Å²) >= 11 is 0. The van der Waals surface area contributed by atoms with Gasteiger partial charge in [0, 0.05) is 24.2 Å². The van der Waals surface area contributed by atoms with Crippen molar-refractivity contribution >= 4 is 29.1 Å². The summed E-state index contributed by atoms with van der Waals surface area (Å²) in [7, 11) is 0. The van der Waals surface area contributed by atoms with Crippen LogP contribution >= 0.6 is 0 Å². The first-order valence-electron chi connectivity index (χ1n) is 9.02. The van der Waals surface area contributed by atoms with Crippen molar-refractivity contribution in [3.8, 4) is 0 Å². The minimum Gasteiger partial charge on any atom is -0.344 e. The average Bonchev–Trinajstić information content (AvgIpc) is 3.30. The maximum atomic E-state index is 12.6. The zero-order chi connectivity index (χ0) is 17.8. The van der Waals surface area contributed by atoms with Gasteiger partial charge in [-0.1, -0.05) is 12.8 Å². The van der Waals surface area contributed by atoms with Gasteiger partial charge >= 0.3 is 0 Å². The third-order valence-corrected chi connectivity index (χ3v) is 4.88. The van der Waals surface area contributed by atoms with E-state index in [4.69, 9.17) is 0 Å². The smallest absolute Gasteiger partial charge is 0.247 e. The van der Waals surface area contributed by atoms with Crippen LogP contribution in [-0.2, 0) is 14.4 Å². The summed E-state index contributed by atoms with van der Waals surface area (Å²) in [5.74, 6) is 0.0380. The normalized spacial score (nSPS) is 18.4. The number of carbonyl (C=O) groups excluding carboxylic acids is 3. The van der Waals surface area contributed by atoms with Gasteiger partial charge in [-0.25, -0.2) is 0 Å². The Hall–Kier alpha value is -2.37. The van der Waals surface area contributed by atoms with Crippen molar-refractivity contribution < 1.29 is 14.4 Å². The summed E-state index contributed by atoms with van der Waals surface area (Å²) in [4.78, 5) is 35.8. The van der Waals surface area contributed by atoms with Crippen molar-refractivity contribution in [3.63, 3.8) is 0 Å². The van der Waals surface area contributed by atoms with Gasteiger partial charge in [0.25, 0.3) is 0 Å². The summed E-state index contributed by atoms with van der Waals surface area (Å²) in [6, 6.07) is 6.59. The molecular formula is C19H25N3O3. The molecule has 0 radical (unpaired) electrons. The molecule has 1 aromatic carbocycles. The van der Waals surface area contributed by atoms with Gasteiger partial charge in [-0.05, 0) is 55.9 Å². The van der Waals surface area contributed by atoms with Crippen molar-refractivity contribution in [1.82, 2.24) is 5.32 Å². The van der Waals surface area contributed by atoms with E-state index in [0.29, 0.717) is 5.69 Å². The highest BCUT2D eigenvalue weighted by Crippen LogP contribution is 2.30. The Labute approximate surface area is 147 Å². The summed E-state index contributed by atoms with van der Waals surface area (Å²) < 4.78 is 0. The number of nitrogens with one attached hydrogen (secondary N) is 3. The first-order chi connectivity index (χ1) is 12.0. The van der Waals surface area contributed by atoms with Gasteiger partial charge in [0.1, 0.15) is 6.04 Å². The van der Waals surface area contributed by atoms with E-state index in [1.54, 1.807) is 24.3 Å². The predicted molar refractivity (Wildman–Crippen MR) is 96.0 cm³/mol. The molecule has 0 bridgehead atoms. The van der Waals surface area contributed by atoms with Crippen LogP contribution in [0.3, 0.4) is 0 Å². The van der Waals surface area contributed by atoms with E-state index < -0.39 is 6.04 Å². The molecule has 0 spiro atoms. The molecule has 3 N–H and O–H groups in total. The van der Waals surface area contributed by atoms with Crippen LogP contribution < -0.4 is 16.0 Å². The number of benzene rings is 1. The summed E-state index contributed by atoms with van der Waals surface area (Å²) in [5, 5.41) is 8.53. The van der Waals surface area contributed by atoms with Crippen molar-refractivity contribution in [3.05, 3.63) is 24.3 Å². The topological polar surface area (TPSA) is 87.3 Å². The zero-order valence-electron chi connectivity index (χ0n) is 14.5. The van der Waals surface area contributed by atoms with Crippen LogP contribution in [0.1, 0.15) is 45.4 Å². The molecule has 1 unspecified atom stereocenters. The van der Waals surface area contributed by atoms with Crippen LogP contribution in [0, 0.1) is 11.8 Å². The fourth-order valence-corrected chi connectivity index (χ4v) is 3.35. The van der Waals surface area contributed by atoms with Crippen LogP contribution in [0.15, 0.2) is 24.3 Å². The molecule has 0 aliphatic heterocycles. The second kappa shape index (κ2) is 7.68. The van der Waals surface area contributed by atoms with E-state index in [9.17, 15) is 14.4 Å². The molecule has 0 heterocycles. The minimum absolute atomic E-state index is 0.0590. The molecular weight excluding hydrogens is 318 g/mol. The van der Waals surface area contributed by atoms with E-state index in [1.807, 2.05) is 0 Å². The van der Waals surface area contributed by atoms with Crippen LogP contribution in [0.5, 0.6) is 0 Å². The largest absolute Gasteiger partial charge is 0.344 e.